The van der Waals surface area contributed by atoms with Gasteiger partial charge < -0.3 is 0 Å². The molecule has 0 aliphatic heterocycles. The van der Waals surface area contributed by atoms with Crippen molar-refractivity contribution in [1.29, 1.82) is 0 Å². The number of aldehydes is 1. The van der Waals surface area contributed by atoms with Crippen LogP contribution in [0.15, 0.2) is 12.1 Å². The average molecular weight is 189 g/mol. The second-order valence-corrected chi connectivity index (χ2v) is 2.99. The summed E-state index contributed by atoms with van der Waals surface area (Å²) in [5.41, 5.74) is 1.31. The second kappa shape index (κ2) is 3.24. The summed E-state index contributed by atoms with van der Waals surface area (Å²) in [6, 6.07) is 3.43. The van der Waals surface area contributed by atoms with Gasteiger partial charge in [-0.05, 0) is 18.6 Å². The molecular formula is C8H6Cl2O. The SMILES string of the molecule is Cc1ccc(Cl)c(Cl)c1C=O. The smallest absolute Gasteiger partial charge is 0.151 e. The predicted octanol–water partition coefficient (Wildman–Crippen LogP) is 3.11. The number of carbonyl (C=O) groups is 1. The Hall–Kier alpha value is -0.530. The van der Waals surface area contributed by atoms with E-state index in [-0.39, 0.29) is 0 Å². The Morgan fingerprint density at radius 3 is 2.45 bits per heavy atom. The highest BCUT2D eigenvalue weighted by Gasteiger charge is 2.05. The molecule has 1 aromatic carbocycles. The number of hydrogen-bond acceptors (Lipinski definition) is 1. The molecular weight excluding hydrogens is 183 g/mol. The summed E-state index contributed by atoms with van der Waals surface area (Å²) in [5.74, 6) is 0. The number of carbonyl (C=O) groups excluding carboxylic acids is 1. The Kier molecular flexibility index (Phi) is 2.53. The molecule has 1 nitrogen and oxygen atoms in total. The minimum Gasteiger partial charge on any atom is -0.298 e. The molecule has 0 unspecified atom stereocenters. The van der Waals surface area contributed by atoms with E-state index in [9.17, 15) is 4.79 Å². The summed E-state index contributed by atoms with van der Waals surface area (Å²) in [5, 5.41) is 0.751. The number of hydrogen-bond donors (Lipinski definition) is 0. The van der Waals surface area contributed by atoms with E-state index < -0.39 is 0 Å². The van der Waals surface area contributed by atoms with E-state index in [2.05, 4.69) is 0 Å². The lowest BCUT2D eigenvalue weighted by Gasteiger charge is -2.01. The molecule has 0 aliphatic carbocycles. The highest BCUT2D eigenvalue weighted by atomic mass is 35.5. The molecule has 0 aliphatic rings. The quantitative estimate of drug-likeness (QED) is 0.620. The molecule has 0 amide bonds. The van der Waals surface area contributed by atoms with Crippen LogP contribution >= 0.6 is 23.2 Å². The average Bonchev–Trinajstić information content (AvgIpc) is 1.99. The van der Waals surface area contributed by atoms with Crippen LogP contribution in [0.1, 0.15) is 15.9 Å². The maximum Gasteiger partial charge on any atom is 0.151 e. The maximum absolute atomic E-state index is 10.5. The van der Waals surface area contributed by atoms with Gasteiger partial charge in [-0.15, -0.1) is 0 Å². The number of halogens is 2. The molecule has 0 saturated carbocycles. The zero-order chi connectivity index (χ0) is 8.43. The summed E-state index contributed by atoms with van der Waals surface area (Å²) < 4.78 is 0. The van der Waals surface area contributed by atoms with Crippen molar-refractivity contribution in [3.8, 4) is 0 Å². The molecule has 3 heteroatoms. The van der Waals surface area contributed by atoms with Crippen molar-refractivity contribution in [2.75, 3.05) is 0 Å². The van der Waals surface area contributed by atoms with Crippen LogP contribution in [0.5, 0.6) is 0 Å². The highest BCUT2D eigenvalue weighted by molar-refractivity contribution is 6.43. The van der Waals surface area contributed by atoms with Gasteiger partial charge in [0.05, 0.1) is 10.0 Å². The van der Waals surface area contributed by atoms with Gasteiger partial charge in [0.25, 0.3) is 0 Å². The first-order valence-corrected chi connectivity index (χ1v) is 3.82. The molecule has 0 N–H and O–H groups in total. The summed E-state index contributed by atoms with van der Waals surface area (Å²) in [7, 11) is 0. The van der Waals surface area contributed by atoms with Gasteiger partial charge in [-0.25, -0.2) is 0 Å². The van der Waals surface area contributed by atoms with Gasteiger partial charge in [-0.1, -0.05) is 29.3 Å². The molecule has 11 heavy (non-hydrogen) atoms. The van der Waals surface area contributed by atoms with Crippen LogP contribution in [0.4, 0.5) is 0 Å². The van der Waals surface area contributed by atoms with Gasteiger partial charge in [0, 0.05) is 5.56 Å². The summed E-state index contributed by atoms with van der Waals surface area (Å²) in [6.45, 7) is 1.81. The molecule has 0 saturated heterocycles. The maximum atomic E-state index is 10.5. The van der Waals surface area contributed by atoms with Crippen molar-refractivity contribution in [1.82, 2.24) is 0 Å². The Bertz CT molecular complexity index is 294. The fourth-order valence-corrected chi connectivity index (χ4v) is 1.23. The highest BCUT2D eigenvalue weighted by Crippen LogP contribution is 2.26. The van der Waals surface area contributed by atoms with Crippen molar-refractivity contribution >= 4 is 29.5 Å². The third-order valence-corrected chi connectivity index (χ3v) is 2.29. The summed E-state index contributed by atoms with van der Waals surface area (Å²) in [6.07, 6.45) is 0.712. The summed E-state index contributed by atoms with van der Waals surface area (Å²) >= 11 is 11.4. The van der Waals surface area contributed by atoms with E-state index in [4.69, 9.17) is 23.2 Å². The van der Waals surface area contributed by atoms with Gasteiger partial charge in [0.1, 0.15) is 0 Å². The molecule has 1 aromatic rings. The van der Waals surface area contributed by atoms with Crippen LogP contribution in [0.3, 0.4) is 0 Å². The van der Waals surface area contributed by atoms with Crippen molar-refractivity contribution < 1.29 is 4.79 Å². The van der Waals surface area contributed by atoms with Crippen LogP contribution in [0.25, 0.3) is 0 Å². The molecule has 0 spiro atoms. The zero-order valence-electron chi connectivity index (χ0n) is 5.90. The van der Waals surface area contributed by atoms with Crippen LogP contribution in [0, 0.1) is 6.92 Å². The van der Waals surface area contributed by atoms with Gasteiger partial charge in [-0.2, -0.15) is 0 Å². The first-order valence-electron chi connectivity index (χ1n) is 3.06. The van der Waals surface area contributed by atoms with Crippen molar-refractivity contribution in [2.24, 2.45) is 0 Å². The first kappa shape index (κ1) is 8.57. The van der Waals surface area contributed by atoms with E-state index in [0.717, 1.165) is 5.56 Å². The summed E-state index contributed by atoms with van der Waals surface area (Å²) in [4.78, 5) is 10.5. The van der Waals surface area contributed by atoms with Crippen molar-refractivity contribution in [3.05, 3.63) is 33.3 Å². The standard InChI is InChI=1S/C8H6Cl2O/c1-5-2-3-7(9)8(10)6(5)4-11/h2-4H,1H3. The largest absolute Gasteiger partial charge is 0.298 e. The molecule has 58 valence electrons. The fraction of sp³-hybridized carbons (Fsp3) is 0.125. The van der Waals surface area contributed by atoms with Crippen molar-refractivity contribution in [2.45, 2.75) is 6.92 Å². The Morgan fingerprint density at radius 1 is 1.36 bits per heavy atom. The monoisotopic (exact) mass is 188 g/mol. The number of aryl methyl sites for hydroxylation is 1. The molecule has 0 bridgehead atoms. The molecule has 1 rings (SSSR count). The second-order valence-electron chi connectivity index (χ2n) is 2.21. The molecule has 0 radical (unpaired) electrons. The Balaban J connectivity index is 3.40. The van der Waals surface area contributed by atoms with E-state index in [0.29, 0.717) is 21.9 Å². The Morgan fingerprint density at radius 2 is 2.00 bits per heavy atom. The first-order chi connectivity index (χ1) is 5.16. The third-order valence-electron chi connectivity index (χ3n) is 1.47. The lowest BCUT2D eigenvalue weighted by atomic mass is 10.1. The molecule has 0 aromatic heterocycles. The van der Waals surface area contributed by atoms with Gasteiger partial charge in [-0.3, -0.25) is 4.79 Å². The van der Waals surface area contributed by atoms with E-state index in [1.165, 1.54) is 0 Å². The van der Waals surface area contributed by atoms with Crippen molar-refractivity contribution in [3.63, 3.8) is 0 Å². The number of benzene rings is 1. The van der Waals surface area contributed by atoms with Gasteiger partial charge >= 0.3 is 0 Å². The molecule has 0 fully saturated rings. The lowest BCUT2D eigenvalue weighted by Crippen LogP contribution is -1.87. The fourth-order valence-electron chi connectivity index (χ4n) is 0.808. The topological polar surface area (TPSA) is 17.1 Å². The minimum atomic E-state index is 0.335. The van der Waals surface area contributed by atoms with Crippen LogP contribution in [-0.2, 0) is 0 Å². The number of rotatable bonds is 1. The third kappa shape index (κ3) is 1.55. The minimum absolute atomic E-state index is 0.335. The van der Waals surface area contributed by atoms with Crippen LogP contribution in [0.2, 0.25) is 10.0 Å². The Labute approximate surface area is 74.9 Å². The predicted molar refractivity (Wildman–Crippen MR) is 46.6 cm³/mol. The molecule has 0 heterocycles. The van der Waals surface area contributed by atoms with E-state index in [1.807, 2.05) is 6.92 Å². The van der Waals surface area contributed by atoms with Crippen LogP contribution in [-0.4, -0.2) is 6.29 Å². The zero-order valence-corrected chi connectivity index (χ0v) is 7.41. The molecule has 0 atom stereocenters. The van der Waals surface area contributed by atoms with Crippen LogP contribution < -0.4 is 0 Å². The van der Waals surface area contributed by atoms with E-state index in [1.54, 1.807) is 12.1 Å². The van der Waals surface area contributed by atoms with Gasteiger partial charge in [0.15, 0.2) is 6.29 Å². The van der Waals surface area contributed by atoms with Gasteiger partial charge in [0.2, 0.25) is 0 Å². The van der Waals surface area contributed by atoms with E-state index >= 15 is 0 Å². The lowest BCUT2D eigenvalue weighted by molar-refractivity contribution is 0.112. The normalized spacial score (nSPS) is 9.73.